The van der Waals surface area contributed by atoms with Crippen molar-refractivity contribution in [3.05, 3.63) is 36.0 Å². The number of benzene rings is 1. The maximum absolute atomic E-state index is 13.6. The third kappa shape index (κ3) is 8.30. The lowest BCUT2D eigenvalue weighted by atomic mass is 9.99. The quantitative estimate of drug-likeness (QED) is 0.270. The number of aliphatic carboxylic acids is 1. The van der Waals surface area contributed by atoms with Crippen LogP contribution in [0.2, 0.25) is 0 Å². The SMILES string of the molecule is CC(C)C[C@H]1NC(=O)[C@H](C(C)C)NC(=O)CN(C)C(=O)[C@H](CC(=O)O)NC(=O)[C@H](Cc2c[nH]c3ccccc23)NC1=O. The number of rotatable bonds is 7. The minimum Gasteiger partial charge on any atom is -0.481 e. The molecular weight excluding hydrogens is 544 g/mol. The third-order valence-electron chi connectivity index (χ3n) is 7.09. The molecule has 1 fully saturated rings. The summed E-state index contributed by atoms with van der Waals surface area (Å²) in [5.74, 6) is -5.16. The lowest BCUT2D eigenvalue weighted by Crippen LogP contribution is -2.58. The summed E-state index contributed by atoms with van der Waals surface area (Å²) in [5, 5.41) is 20.9. The van der Waals surface area contributed by atoms with Crippen LogP contribution in [0.4, 0.5) is 0 Å². The molecule has 1 aliphatic rings. The number of carboxylic acid groups (broad SMARTS) is 1. The van der Waals surface area contributed by atoms with Gasteiger partial charge < -0.3 is 36.3 Å². The zero-order valence-corrected chi connectivity index (χ0v) is 24.5. The number of carbonyl (C=O) groups is 6. The predicted octanol–water partition coefficient (Wildman–Crippen LogP) is 0.298. The molecule has 42 heavy (non-hydrogen) atoms. The van der Waals surface area contributed by atoms with Crippen molar-refractivity contribution < 1.29 is 33.9 Å². The lowest BCUT2D eigenvalue weighted by Gasteiger charge is -2.27. The second kappa shape index (κ2) is 14.0. The van der Waals surface area contributed by atoms with Crippen LogP contribution in [0.3, 0.4) is 0 Å². The molecule has 2 heterocycles. The van der Waals surface area contributed by atoms with Gasteiger partial charge >= 0.3 is 5.97 Å². The normalized spacial score (nSPS) is 23.2. The number of para-hydroxylation sites is 1. The first kappa shape index (κ1) is 32.1. The zero-order chi connectivity index (χ0) is 31.1. The highest BCUT2D eigenvalue weighted by Gasteiger charge is 2.35. The molecule has 1 aromatic carbocycles. The van der Waals surface area contributed by atoms with E-state index in [1.54, 1.807) is 20.0 Å². The minimum atomic E-state index is -1.51. The largest absolute Gasteiger partial charge is 0.481 e. The van der Waals surface area contributed by atoms with Gasteiger partial charge in [-0.05, 0) is 29.9 Å². The number of aromatic amines is 1. The Labute approximate surface area is 244 Å². The van der Waals surface area contributed by atoms with E-state index in [0.29, 0.717) is 5.56 Å². The van der Waals surface area contributed by atoms with Crippen LogP contribution in [0, 0.1) is 11.8 Å². The Morgan fingerprint density at radius 3 is 2.17 bits per heavy atom. The van der Waals surface area contributed by atoms with E-state index < -0.39 is 72.6 Å². The average Bonchev–Trinajstić information content (AvgIpc) is 3.31. The van der Waals surface area contributed by atoms with Crippen molar-refractivity contribution in [2.75, 3.05) is 13.6 Å². The second-order valence-electron chi connectivity index (χ2n) is 11.5. The van der Waals surface area contributed by atoms with Crippen LogP contribution >= 0.6 is 0 Å². The highest BCUT2D eigenvalue weighted by Crippen LogP contribution is 2.20. The standard InChI is InChI=1S/C29H40N6O7/c1-15(2)10-20-26(39)31-21(11-17-13-30-19-9-7-6-8-18(17)19)27(40)33-22(12-24(37)38)29(42)35(5)14-23(36)34-25(16(3)4)28(41)32-20/h6-9,13,15-16,20-22,25,30H,10-12,14H2,1-5H3,(H,31,39)(H,32,41)(H,33,40)(H,34,36)(H,37,38)/t20-,21+,22+,25+/m1/s1. The van der Waals surface area contributed by atoms with Gasteiger partial charge in [-0.1, -0.05) is 45.9 Å². The Bertz CT molecular complexity index is 1340. The molecular formula is C29H40N6O7. The van der Waals surface area contributed by atoms with E-state index in [9.17, 15) is 33.9 Å². The van der Waals surface area contributed by atoms with Crippen LogP contribution in [0.5, 0.6) is 0 Å². The number of aromatic nitrogens is 1. The van der Waals surface area contributed by atoms with E-state index in [-0.39, 0.29) is 24.7 Å². The molecule has 4 atom stereocenters. The summed E-state index contributed by atoms with van der Waals surface area (Å²) >= 11 is 0. The molecule has 1 aromatic heterocycles. The summed E-state index contributed by atoms with van der Waals surface area (Å²) in [6.45, 7) is 6.74. The van der Waals surface area contributed by atoms with Gasteiger partial charge in [0.1, 0.15) is 24.2 Å². The molecule has 3 rings (SSSR count). The van der Waals surface area contributed by atoms with Gasteiger partial charge in [0.2, 0.25) is 29.5 Å². The highest BCUT2D eigenvalue weighted by atomic mass is 16.4. The molecule has 0 saturated carbocycles. The first-order chi connectivity index (χ1) is 19.8. The molecule has 0 aliphatic carbocycles. The van der Waals surface area contributed by atoms with Gasteiger partial charge in [-0.2, -0.15) is 0 Å². The van der Waals surface area contributed by atoms with Crippen molar-refractivity contribution in [1.29, 1.82) is 0 Å². The summed E-state index contributed by atoms with van der Waals surface area (Å²) < 4.78 is 0. The van der Waals surface area contributed by atoms with Crippen LogP contribution in [0.25, 0.3) is 10.9 Å². The molecule has 6 N–H and O–H groups in total. The van der Waals surface area contributed by atoms with Crippen LogP contribution in [-0.4, -0.2) is 88.3 Å². The van der Waals surface area contributed by atoms with E-state index in [2.05, 4.69) is 26.3 Å². The number of carboxylic acids is 1. The zero-order valence-electron chi connectivity index (χ0n) is 24.5. The topological polar surface area (TPSA) is 190 Å². The van der Waals surface area contributed by atoms with Crippen LogP contribution in [0.1, 0.15) is 46.1 Å². The predicted molar refractivity (Wildman–Crippen MR) is 154 cm³/mol. The Balaban J connectivity index is 2.05. The second-order valence-corrected chi connectivity index (χ2v) is 11.5. The van der Waals surface area contributed by atoms with Gasteiger partial charge in [-0.3, -0.25) is 28.8 Å². The van der Waals surface area contributed by atoms with Crippen LogP contribution < -0.4 is 21.3 Å². The van der Waals surface area contributed by atoms with Crippen LogP contribution in [0.15, 0.2) is 30.5 Å². The molecule has 2 aromatic rings. The number of fused-ring (bicyclic) bond motifs is 1. The maximum atomic E-state index is 13.6. The Hall–Kier alpha value is -4.42. The molecule has 13 nitrogen and oxygen atoms in total. The number of H-pyrrole nitrogens is 1. The monoisotopic (exact) mass is 584 g/mol. The smallest absolute Gasteiger partial charge is 0.305 e. The summed E-state index contributed by atoms with van der Waals surface area (Å²) in [4.78, 5) is 82.4. The number of nitrogens with zero attached hydrogens (tertiary/aromatic N) is 1. The third-order valence-corrected chi connectivity index (χ3v) is 7.09. The number of hydrogen-bond donors (Lipinski definition) is 6. The Morgan fingerprint density at radius 1 is 0.905 bits per heavy atom. The van der Waals surface area contributed by atoms with Gasteiger partial charge in [0.05, 0.1) is 13.0 Å². The van der Waals surface area contributed by atoms with E-state index in [0.717, 1.165) is 15.8 Å². The molecule has 1 aliphatic heterocycles. The molecule has 0 unspecified atom stereocenters. The van der Waals surface area contributed by atoms with Crippen molar-refractivity contribution in [3.8, 4) is 0 Å². The maximum Gasteiger partial charge on any atom is 0.305 e. The molecule has 228 valence electrons. The number of amides is 5. The molecule has 1 saturated heterocycles. The Kier molecular flexibility index (Phi) is 10.7. The van der Waals surface area contributed by atoms with Gasteiger partial charge in [0, 0.05) is 30.6 Å². The van der Waals surface area contributed by atoms with Crippen molar-refractivity contribution in [3.63, 3.8) is 0 Å². The van der Waals surface area contributed by atoms with E-state index >= 15 is 0 Å². The highest BCUT2D eigenvalue weighted by molar-refractivity contribution is 5.98. The fourth-order valence-corrected chi connectivity index (χ4v) is 4.93. The molecule has 5 amide bonds. The van der Waals surface area contributed by atoms with E-state index in [1.165, 1.54) is 7.05 Å². The Morgan fingerprint density at radius 2 is 1.52 bits per heavy atom. The van der Waals surface area contributed by atoms with E-state index in [1.807, 2.05) is 38.1 Å². The van der Waals surface area contributed by atoms with Crippen molar-refractivity contribution in [2.45, 2.75) is 71.1 Å². The van der Waals surface area contributed by atoms with Crippen molar-refractivity contribution in [1.82, 2.24) is 31.2 Å². The van der Waals surface area contributed by atoms with Gasteiger partial charge in [0.15, 0.2) is 0 Å². The fraction of sp³-hybridized carbons (Fsp3) is 0.517. The lowest BCUT2D eigenvalue weighted by molar-refractivity contribution is -0.144. The summed E-state index contributed by atoms with van der Waals surface area (Å²) in [6, 6.07) is 2.64. The number of hydrogen-bond acceptors (Lipinski definition) is 6. The molecule has 0 spiro atoms. The van der Waals surface area contributed by atoms with Crippen LogP contribution in [-0.2, 0) is 35.2 Å². The summed E-state index contributed by atoms with van der Waals surface area (Å²) in [6.07, 6.45) is 1.24. The van der Waals surface area contributed by atoms with Gasteiger partial charge in [-0.15, -0.1) is 0 Å². The first-order valence-electron chi connectivity index (χ1n) is 14.0. The van der Waals surface area contributed by atoms with E-state index in [4.69, 9.17) is 0 Å². The number of likely N-dealkylation sites (N-methyl/N-ethyl adjacent to an activating group) is 1. The summed E-state index contributed by atoms with van der Waals surface area (Å²) in [7, 11) is 1.30. The number of carbonyl (C=O) groups excluding carboxylic acids is 5. The minimum absolute atomic E-state index is 0.0117. The average molecular weight is 585 g/mol. The van der Waals surface area contributed by atoms with Crippen molar-refractivity contribution >= 4 is 46.4 Å². The molecule has 0 radical (unpaired) electrons. The molecule has 0 bridgehead atoms. The van der Waals surface area contributed by atoms with Gasteiger partial charge in [-0.25, -0.2) is 0 Å². The van der Waals surface area contributed by atoms with Gasteiger partial charge in [0.25, 0.3) is 0 Å². The van der Waals surface area contributed by atoms with Crippen molar-refractivity contribution in [2.24, 2.45) is 11.8 Å². The summed E-state index contributed by atoms with van der Waals surface area (Å²) in [5.41, 5.74) is 1.53. The number of nitrogens with one attached hydrogen (secondary N) is 5. The molecule has 13 heteroatoms. The first-order valence-corrected chi connectivity index (χ1v) is 14.0. The fourth-order valence-electron chi connectivity index (χ4n) is 4.93.